The van der Waals surface area contributed by atoms with Crippen molar-refractivity contribution in [1.82, 2.24) is 26.2 Å². The van der Waals surface area contributed by atoms with Crippen molar-refractivity contribution in [3.63, 3.8) is 0 Å². The number of hydrogen-bond acceptors (Lipinski definition) is 8. The fraction of sp³-hybridized carbons (Fsp3) is 0.436. The lowest BCUT2D eigenvalue weighted by Gasteiger charge is -2.43. The Morgan fingerprint density at radius 3 is 2.49 bits per heavy atom. The van der Waals surface area contributed by atoms with E-state index in [1.54, 1.807) is 0 Å². The van der Waals surface area contributed by atoms with Gasteiger partial charge in [0.25, 0.3) is 0 Å². The second-order valence-corrected chi connectivity index (χ2v) is 14.5. The van der Waals surface area contributed by atoms with Gasteiger partial charge in [-0.3, -0.25) is 15.0 Å². The first kappa shape index (κ1) is 34.8. The third-order valence-electron chi connectivity index (χ3n) is 9.66. The Balaban J connectivity index is 1.15. The second kappa shape index (κ2) is 15.2. The molecular formula is C39H49N5O5. The number of para-hydroxylation sites is 1. The molecule has 2 amide bonds. The van der Waals surface area contributed by atoms with E-state index in [1.807, 2.05) is 111 Å². The Morgan fingerprint density at radius 2 is 1.71 bits per heavy atom. The monoisotopic (exact) mass is 667 g/mol. The third-order valence-corrected chi connectivity index (χ3v) is 9.66. The topological polar surface area (TPSA) is 130 Å². The van der Waals surface area contributed by atoms with Gasteiger partial charge in [-0.1, -0.05) is 93.6 Å². The van der Waals surface area contributed by atoms with Crippen LogP contribution in [0.3, 0.4) is 0 Å². The molecule has 6 rings (SSSR count). The van der Waals surface area contributed by atoms with Crippen LogP contribution < -0.4 is 16.2 Å². The maximum Gasteiger partial charge on any atom is 0.239 e. The Hall–Kier alpha value is -4.06. The van der Waals surface area contributed by atoms with Crippen molar-refractivity contribution in [2.24, 2.45) is 11.3 Å². The Morgan fingerprint density at radius 1 is 0.980 bits per heavy atom. The summed E-state index contributed by atoms with van der Waals surface area (Å²) in [6, 6.07) is 26.9. The van der Waals surface area contributed by atoms with Gasteiger partial charge in [0.15, 0.2) is 0 Å². The molecule has 49 heavy (non-hydrogen) atoms. The number of carbonyl (C=O) groups excluding carboxylic acids is 2. The lowest BCUT2D eigenvalue weighted by Crippen LogP contribution is -2.63. The van der Waals surface area contributed by atoms with Crippen molar-refractivity contribution in [2.75, 3.05) is 19.6 Å². The highest BCUT2D eigenvalue weighted by molar-refractivity contribution is 5.81. The van der Waals surface area contributed by atoms with Gasteiger partial charge < -0.3 is 19.9 Å². The van der Waals surface area contributed by atoms with Crippen LogP contribution in [0.2, 0.25) is 0 Å². The van der Waals surface area contributed by atoms with E-state index in [0.717, 1.165) is 33.4 Å². The molecule has 1 saturated heterocycles. The molecular weight excluding hydrogens is 618 g/mol. The van der Waals surface area contributed by atoms with Crippen molar-refractivity contribution in [3.8, 4) is 0 Å². The van der Waals surface area contributed by atoms with E-state index >= 15 is 0 Å². The Kier molecular flexibility index (Phi) is 10.8. The van der Waals surface area contributed by atoms with E-state index < -0.39 is 29.6 Å². The minimum Gasteiger partial charge on any atom is -0.460 e. The van der Waals surface area contributed by atoms with E-state index in [2.05, 4.69) is 21.2 Å². The highest BCUT2D eigenvalue weighted by atomic mass is 16.3. The fourth-order valence-electron chi connectivity index (χ4n) is 6.90. The molecule has 1 aromatic heterocycles. The SMILES string of the molecule is CC(C)(C)C(=O)NN1CCN(NCc2cc3ccccc3o2)C[C@@H]1CC(O)CC(Cc1ccccc1)C(=O)N[C@H]1c2ccccc2C[C@H]1O. The minimum atomic E-state index is -0.824. The maximum atomic E-state index is 13.9. The molecule has 5 N–H and O–H groups in total. The van der Waals surface area contributed by atoms with Crippen LogP contribution in [0.15, 0.2) is 89.3 Å². The smallest absolute Gasteiger partial charge is 0.239 e. The number of hydrogen-bond donors (Lipinski definition) is 5. The molecule has 0 bridgehead atoms. The fourth-order valence-corrected chi connectivity index (χ4v) is 6.90. The Labute approximate surface area is 288 Å². The average molecular weight is 668 g/mol. The zero-order chi connectivity index (χ0) is 34.5. The van der Waals surface area contributed by atoms with E-state index in [0.29, 0.717) is 45.4 Å². The second-order valence-electron chi connectivity index (χ2n) is 14.5. The first-order valence-corrected chi connectivity index (χ1v) is 17.4. The van der Waals surface area contributed by atoms with Crippen LogP contribution in [0, 0.1) is 11.3 Å². The number of aliphatic hydroxyl groups excluding tert-OH is 2. The number of aliphatic hydroxyl groups is 2. The summed E-state index contributed by atoms with van der Waals surface area (Å²) >= 11 is 0. The summed E-state index contributed by atoms with van der Waals surface area (Å²) in [5.74, 6) is 0.0126. The van der Waals surface area contributed by atoms with Gasteiger partial charge in [-0.15, -0.1) is 0 Å². The van der Waals surface area contributed by atoms with Gasteiger partial charge in [-0.05, 0) is 48.1 Å². The van der Waals surface area contributed by atoms with Crippen molar-refractivity contribution in [2.45, 2.75) is 77.3 Å². The van der Waals surface area contributed by atoms with Gasteiger partial charge in [0.1, 0.15) is 11.3 Å². The lowest BCUT2D eigenvalue weighted by molar-refractivity contribution is -0.137. The van der Waals surface area contributed by atoms with Crippen molar-refractivity contribution >= 4 is 22.8 Å². The summed E-state index contributed by atoms with van der Waals surface area (Å²) in [6.07, 6.45) is -0.00518. The van der Waals surface area contributed by atoms with Gasteiger partial charge in [-0.2, -0.15) is 0 Å². The van der Waals surface area contributed by atoms with Crippen LogP contribution in [0.4, 0.5) is 0 Å². The molecule has 260 valence electrons. The summed E-state index contributed by atoms with van der Waals surface area (Å²) in [7, 11) is 0. The largest absolute Gasteiger partial charge is 0.460 e. The Bertz CT molecular complexity index is 1690. The number of furan rings is 1. The summed E-state index contributed by atoms with van der Waals surface area (Å²) < 4.78 is 6.00. The number of carbonyl (C=O) groups is 2. The molecule has 2 unspecified atom stereocenters. The number of benzene rings is 3. The molecule has 1 aliphatic carbocycles. The highest BCUT2D eigenvalue weighted by Gasteiger charge is 2.36. The number of rotatable bonds is 12. The molecule has 2 heterocycles. The first-order valence-electron chi connectivity index (χ1n) is 17.4. The number of nitrogens with zero attached hydrogens (tertiary/aromatic N) is 2. The average Bonchev–Trinajstić information content (AvgIpc) is 3.64. The quantitative estimate of drug-likeness (QED) is 0.152. The van der Waals surface area contributed by atoms with Crippen LogP contribution in [0.1, 0.15) is 62.1 Å². The number of amides is 2. The molecule has 5 atom stereocenters. The van der Waals surface area contributed by atoms with E-state index in [4.69, 9.17) is 4.42 Å². The van der Waals surface area contributed by atoms with E-state index in [-0.39, 0.29) is 24.3 Å². The summed E-state index contributed by atoms with van der Waals surface area (Å²) in [6.45, 7) is 7.90. The van der Waals surface area contributed by atoms with E-state index in [9.17, 15) is 19.8 Å². The van der Waals surface area contributed by atoms with E-state index in [1.165, 1.54) is 0 Å². The molecule has 0 spiro atoms. The van der Waals surface area contributed by atoms with Crippen LogP contribution in [0.5, 0.6) is 0 Å². The number of nitrogens with one attached hydrogen (secondary N) is 3. The molecule has 3 aromatic carbocycles. The molecule has 2 aliphatic rings. The zero-order valence-corrected chi connectivity index (χ0v) is 28.6. The van der Waals surface area contributed by atoms with Crippen molar-refractivity contribution in [3.05, 3.63) is 107 Å². The van der Waals surface area contributed by atoms with Gasteiger partial charge in [0.05, 0.1) is 24.8 Å². The molecule has 1 aliphatic heterocycles. The predicted molar refractivity (Wildman–Crippen MR) is 189 cm³/mol. The molecule has 4 aromatic rings. The number of piperazine rings is 1. The van der Waals surface area contributed by atoms with Gasteiger partial charge in [-0.25, -0.2) is 15.4 Å². The summed E-state index contributed by atoms with van der Waals surface area (Å²) in [4.78, 5) is 27.0. The predicted octanol–water partition coefficient (Wildman–Crippen LogP) is 4.28. The number of hydrazine groups is 2. The zero-order valence-electron chi connectivity index (χ0n) is 28.6. The minimum absolute atomic E-state index is 0.0904. The standard InChI is InChI=1S/C39H49N5O5/c1-39(2,3)38(48)42-44-18-17-43(40-24-32-21-28-14-8-10-16-35(28)49-32)25-30(44)23-31(45)20-29(19-26-11-5-4-6-12-26)37(47)41-36-33-15-9-7-13-27(33)22-34(36)46/h4-16,21,29-31,34,36,40,45-46H,17-20,22-25H2,1-3H3,(H,41,47)(H,42,48)/t29?,30-,31?,34+,36-/m0/s1. The molecule has 1 fully saturated rings. The van der Waals surface area contributed by atoms with Gasteiger partial charge in [0, 0.05) is 48.8 Å². The third kappa shape index (κ3) is 8.76. The van der Waals surface area contributed by atoms with Crippen LogP contribution in [-0.2, 0) is 29.0 Å². The van der Waals surface area contributed by atoms with Gasteiger partial charge >= 0.3 is 0 Å². The lowest BCUT2D eigenvalue weighted by atomic mass is 9.90. The van der Waals surface area contributed by atoms with Crippen LogP contribution >= 0.6 is 0 Å². The molecule has 0 radical (unpaired) electrons. The molecule has 0 saturated carbocycles. The molecule has 10 nitrogen and oxygen atoms in total. The molecule has 10 heteroatoms. The van der Waals surface area contributed by atoms with Crippen LogP contribution in [0.25, 0.3) is 11.0 Å². The highest BCUT2D eigenvalue weighted by Crippen LogP contribution is 2.32. The normalized spacial score (nSPS) is 21.3. The van der Waals surface area contributed by atoms with Crippen molar-refractivity contribution < 1.29 is 24.2 Å². The first-order chi connectivity index (χ1) is 23.5. The maximum absolute atomic E-state index is 13.9. The summed E-state index contributed by atoms with van der Waals surface area (Å²) in [5.41, 5.74) is 9.82. The summed E-state index contributed by atoms with van der Waals surface area (Å²) in [5, 5.41) is 30.7. The van der Waals surface area contributed by atoms with Crippen molar-refractivity contribution in [1.29, 1.82) is 0 Å². The van der Waals surface area contributed by atoms with Crippen LogP contribution in [-0.4, -0.2) is 69.9 Å². The number of fused-ring (bicyclic) bond motifs is 2. The van der Waals surface area contributed by atoms with Gasteiger partial charge in [0.2, 0.25) is 11.8 Å².